The van der Waals surface area contributed by atoms with Crippen molar-refractivity contribution in [3.05, 3.63) is 76.3 Å². The van der Waals surface area contributed by atoms with Gasteiger partial charge in [-0.05, 0) is 43.8 Å². The number of carbonyl (C=O) groups excluding carboxylic acids is 2. The summed E-state index contributed by atoms with van der Waals surface area (Å²) < 4.78 is 0. The number of ketones is 1. The van der Waals surface area contributed by atoms with Crippen molar-refractivity contribution in [1.29, 1.82) is 0 Å². The number of nitrogens with zero attached hydrogens (tertiary/aromatic N) is 2. The molecule has 0 spiro atoms. The maximum Gasteiger partial charge on any atom is 0.295 e. The number of halogens is 1. The van der Waals surface area contributed by atoms with Crippen LogP contribution in [0, 0.1) is 0 Å². The van der Waals surface area contributed by atoms with Crippen LogP contribution in [0.4, 0.5) is 0 Å². The Balaban J connectivity index is 2.00. The van der Waals surface area contributed by atoms with E-state index in [0.717, 1.165) is 31.6 Å². The van der Waals surface area contributed by atoms with Crippen molar-refractivity contribution in [2.45, 2.75) is 26.3 Å². The number of aliphatic hydroxyl groups excluding tert-OH is 1. The molecule has 1 aliphatic rings. The van der Waals surface area contributed by atoms with Crippen molar-refractivity contribution in [3.63, 3.8) is 0 Å². The fraction of sp³-hybridized carbons (Fsp3) is 0.333. The highest BCUT2D eigenvalue weighted by Crippen LogP contribution is 2.39. The molecule has 1 atom stereocenters. The van der Waals surface area contributed by atoms with E-state index in [0.29, 0.717) is 17.1 Å². The number of rotatable bonds is 8. The summed E-state index contributed by atoms with van der Waals surface area (Å²) >= 11 is 6.04. The monoisotopic (exact) mass is 426 g/mol. The number of hydrogen-bond donors (Lipinski definition) is 1. The third-order valence-electron chi connectivity index (χ3n) is 5.54. The lowest BCUT2D eigenvalue weighted by atomic mass is 9.95. The lowest BCUT2D eigenvalue weighted by Crippen LogP contribution is -2.33. The van der Waals surface area contributed by atoms with Crippen molar-refractivity contribution in [2.75, 3.05) is 26.2 Å². The summed E-state index contributed by atoms with van der Waals surface area (Å²) in [5.74, 6) is -1.38. The molecule has 0 aliphatic carbocycles. The van der Waals surface area contributed by atoms with Gasteiger partial charge in [-0.25, -0.2) is 0 Å². The Bertz CT molecular complexity index is 921. The van der Waals surface area contributed by atoms with E-state index in [1.54, 1.807) is 53.4 Å². The summed E-state index contributed by atoms with van der Waals surface area (Å²) in [5.41, 5.74) is 1.38. The topological polar surface area (TPSA) is 60.9 Å². The minimum Gasteiger partial charge on any atom is -0.507 e. The predicted molar refractivity (Wildman–Crippen MR) is 119 cm³/mol. The van der Waals surface area contributed by atoms with Gasteiger partial charge in [0.25, 0.3) is 11.7 Å². The highest BCUT2D eigenvalue weighted by Gasteiger charge is 2.45. The summed E-state index contributed by atoms with van der Waals surface area (Å²) in [7, 11) is 0. The Kier molecular flexibility index (Phi) is 7.29. The van der Waals surface area contributed by atoms with Gasteiger partial charge in [0, 0.05) is 17.1 Å². The van der Waals surface area contributed by atoms with Crippen LogP contribution >= 0.6 is 11.6 Å². The largest absolute Gasteiger partial charge is 0.507 e. The number of aliphatic hydroxyl groups is 1. The molecular formula is C24H27ClN2O3. The standard InChI is InChI=1S/C24H27ClN2O3/c1-3-26(4-2)15-8-16-27-21(17-11-13-19(25)14-12-17)20(23(29)24(27)30)22(28)18-9-6-5-7-10-18/h5-7,9-14,21,28H,3-4,8,15-16H2,1-2H3/b22-20+/t21-/m1/s1. The van der Waals surface area contributed by atoms with Gasteiger partial charge in [0.15, 0.2) is 0 Å². The summed E-state index contributed by atoms with van der Waals surface area (Å²) in [6, 6.07) is 15.3. The highest BCUT2D eigenvalue weighted by molar-refractivity contribution is 6.46. The van der Waals surface area contributed by atoms with E-state index in [1.165, 1.54) is 0 Å². The molecule has 1 fully saturated rings. The summed E-state index contributed by atoms with van der Waals surface area (Å²) in [5, 5.41) is 11.5. The van der Waals surface area contributed by atoms with Crippen LogP contribution in [0.3, 0.4) is 0 Å². The molecule has 30 heavy (non-hydrogen) atoms. The quantitative estimate of drug-likeness (QED) is 0.383. The summed E-state index contributed by atoms with van der Waals surface area (Å²) in [4.78, 5) is 29.7. The minimum absolute atomic E-state index is 0.122. The van der Waals surface area contributed by atoms with Gasteiger partial charge in [0.05, 0.1) is 11.6 Å². The van der Waals surface area contributed by atoms with Crippen molar-refractivity contribution >= 4 is 29.1 Å². The molecule has 1 heterocycles. The average molecular weight is 427 g/mol. The molecule has 1 N–H and O–H groups in total. The number of amides is 1. The zero-order valence-corrected chi connectivity index (χ0v) is 18.1. The van der Waals surface area contributed by atoms with Crippen LogP contribution in [0.25, 0.3) is 5.76 Å². The molecule has 1 amide bonds. The maximum atomic E-state index is 12.9. The van der Waals surface area contributed by atoms with Crippen LogP contribution in [0.15, 0.2) is 60.2 Å². The van der Waals surface area contributed by atoms with Crippen LogP contribution < -0.4 is 0 Å². The Morgan fingerprint density at radius 3 is 2.27 bits per heavy atom. The Morgan fingerprint density at radius 1 is 1.03 bits per heavy atom. The Hall–Kier alpha value is -2.63. The molecule has 6 heteroatoms. The van der Waals surface area contributed by atoms with Gasteiger partial charge >= 0.3 is 0 Å². The highest BCUT2D eigenvalue weighted by atomic mass is 35.5. The van der Waals surface area contributed by atoms with Crippen molar-refractivity contribution in [2.24, 2.45) is 0 Å². The fourth-order valence-electron chi connectivity index (χ4n) is 3.86. The van der Waals surface area contributed by atoms with Crippen LogP contribution in [0.5, 0.6) is 0 Å². The van der Waals surface area contributed by atoms with Gasteiger partial charge < -0.3 is 14.9 Å². The zero-order valence-electron chi connectivity index (χ0n) is 17.3. The van der Waals surface area contributed by atoms with Crippen LogP contribution in [-0.2, 0) is 9.59 Å². The molecule has 0 aromatic heterocycles. The molecule has 5 nitrogen and oxygen atoms in total. The number of hydrogen-bond acceptors (Lipinski definition) is 4. The normalized spacial score (nSPS) is 18.4. The molecule has 0 bridgehead atoms. The molecule has 0 saturated carbocycles. The first-order valence-corrected chi connectivity index (χ1v) is 10.7. The Morgan fingerprint density at radius 2 is 1.67 bits per heavy atom. The van der Waals surface area contributed by atoms with Gasteiger partial charge in [0.2, 0.25) is 0 Å². The number of carbonyl (C=O) groups is 2. The Labute approximate surface area is 182 Å². The summed E-state index contributed by atoms with van der Waals surface area (Å²) in [6.07, 6.45) is 0.740. The van der Waals surface area contributed by atoms with E-state index >= 15 is 0 Å². The van der Waals surface area contributed by atoms with Gasteiger partial charge in [-0.1, -0.05) is 67.9 Å². The lowest BCUT2D eigenvalue weighted by Gasteiger charge is -2.26. The number of benzene rings is 2. The third-order valence-corrected chi connectivity index (χ3v) is 5.79. The number of Topliss-reactive ketones (excluding diaryl/α,β-unsaturated/α-hetero) is 1. The van der Waals surface area contributed by atoms with E-state index in [1.807, 2.05) is 6.07 Å². The van der Waals surface area contributed by atoms with Crippen molar-refractivity contribution < 1.29 is 14.7 Å². The molecule has 3 rings (SSSR count). The number of likely N-dealkylation sites (tertiary alicyclic amines) is 1. The first-order valence-electron chi connectivity index (χ1n) is 10.3. The fourth-order valence-corrected chi connectivity index (χ4v) is 3.98. The van der Waals surface area contributed by atoms with Gasteiger partial charge in [0.1, 0.15) is 5.76 Å². The first-order chi connectivity index (χ1) is 14.5. The van der Waals surface area contributed by atoms with Gasteiger partial charge in [-0.15, -0.1) is 0 Å². The zero-order chi connectivity index (χ0) is 21.7. The molecule has 1 aliphatic heterocycles. The third kappa shape index (κ3) is 4.58. The second kappa shape index (κ2) is 9.92. The second-order valence-electron chi connectivity index (χ2n) is 7.29. The van der Waals surface area contributed by atoms with E-state index in [2.05, 4.69) is 18.7 Å². The molecule has 2 aromatic carbocycles. The average Bonchev–Trinajstić information content (AvgIpc) is 3.02. The molecule has 2 aromatic rings. The van der Waals surface area contributed by atoms with Crippen molar-refractivity contribution in [1.82, 2.24) is 9.80 Å². The lowest BCUT2D eigenvalue weighted by molar-refractivity contribution is -0.140. The molecule has 0 radical (unpaired) electrons. The second-order valence-corrected chi connectivity index (χ2v) is 7.73. The molecule has 0 unspecified atom stereocenters. The van der Waals surface area contributed by atoms with E-state index in [-0.39, 0.29) is 11.3 Å². The molecular weight excluding hydrogens is 400 g/mol. The predicted octanol–water partition coefficient (Wildman–Crippen LogP) is 4.49. The van der Waals surface area contributed by atoms with Crippen LogP contribution in [-0.4, -0.2) is 52.8 Å². The van der Waals surface area contributed by atoms with Crippen LogP contribution in [0.2, 0.25) is 5.02 Å². The minimum atomic E-state index is -0.654. The molecule has 1 saturated heterocycles. The van der Waals surface area contributed by atoms with Crippen LogP contribution in [0.1, 0.15) is 37.4 Å². The van der Waals surface area contributed by atoms with Gasteiger partial charge in [-0.2, -0.15) is 0 Å². The maximum absolute atomic E-state index is 12.9. The van der Waals surface area contributed by atoms with Gasteiger partial charge in [-0.3, -0.25) is 9.59 Å². The van der Waals surface area contributed by atoms with Crippen molar-refractivity contribution in [3.8, 4) is 0 Å². The summed E-state index contributed by atoms with van der Waals surface area (Å²) in [6.45, 7) is 7.34. The first kappa shape index (κ1) is 22.1. The van der Waals surface area contributed by atoms with E-state index in [4.69, 9.17) is 11.6 Å². The molecule has 158 valence electrons. The van der Waals surface area contributed by atoms with E-state index in [9.17, 15) is 14.7 Å². The van der Waals surface area contributed by atoms with E-state index < -0.39 is 17.7 Å². The smallest absolute Gasteiger partial charge is 0.295 e. The SMILES string of the molecule is CCN(CC)CCCN1C(=O)C(=O)/C(=C(/O)c2ccccc2)[C@H]1c1ccc(Cl)cc1.